The third-order valence-corrected chi connectivity index (χ3v) is 4.12. The van der Waals surface area contributed by atoms with Crippen LogP contribution in [0.5, 0.6) is 0 Å². The molecule has 0 amide bonds. The highest BCUT2D eigenvalue weighted by molar-refractivity contribution is 5.95. The maximum Gasteiger partial charge on any atom is 0.337 e. The van der Waals surface area contributed by atoms with Gasteiger partial charge >= 0.3 is 5.97 Å². The highest BCUT2D eigenvalue weighted by Crippen LogP contribution is 2.30. The third kappa shape index (κ3) is 3.40. The predicted molar refractivity (Wildman–Crippen MR) is 77.4 cm³/mol. The number of hydrogen-bond donors (Lipinski definition) is 3. The summed E-state index contributed by atoms with van der Waals surface area (Å²) in [6.07, 6.45) is 5.09. The van der Waals surface area contributed by atoms with Gasteiger partial charge in [0.1, 0.15) is 0 Å². The number of carbonyl (C=O) groups is 1. The molecule has 4 heteroatoms. The van der Waals surface area contributed by atoms with Gasteiger partial charge in [0.05, 0.1) is 11.3 Å². The maximum absolute atomic E-state index is 11.2. The fraction of sp³-hybridized carbons (Fsp3) is 0.533. The van der Waals surface area contributed by atoms with E-state index in [9.17, 15) is 4.79 Å². The minimum Gasteiger partial charge on any atom is -0.478 e. The standard InChI is InChI=1S/C15H22N2O2/c1-10-4-2-3-5-11(10)9-17-14-8-12(16)6-7-13(14)15(18)19/h6-8,10-11,17H,2-5,9,16H2,1H3,(H,18,19). The van der Waals surface area contributed by atoms with Crippen LogP contribution in [0.15, 0.2) is 18.2 Å². The first-order valence-corrected chi connectivity index (χ1v) is 6.94. The number of nitrogen functional groups attached to an aromatic ring is 1. The normalized spacial score (nSPS) is 23.0. The van der Waals surface area contributed by atoms with Crippen molar-refractivity contribution < 1.29 is 9.90 Å². The van der Waals surface area contributed by atoms with Crippen LogP contribution >= 0.6 is 0 Å². The molecule has 0 radical (unpaired) electrons. The van der Waals surface area contributed by atoms with Gasteiger partial charge in [0.25, 0.3) is 0 Å². The second-order valence-corrected chi connectivity index (χ2v) is 5.51. The summed E-state index contributed by atoms with van der Waals surface area (Å²) < 4.78 is 0. The Morgan fingerprint density at radius 1 is 1.42 bits per heavy atom. The average Bonchev–Trinajstić information content (AvgIpc) is 2.37. The van der Waals surface area contributed by atoms with Gasteiger partial charge in [-0.25, -0.2) is 4.79 Å². The van der Waals surface area contributed by atoms with Crippen LogP contribution in [-0.4, -0.2) is 17.6 Å². The summed E-state index contributed by atoms with van der Waals surface area (Å²) in [5, 5.41) is 12.4. The molecule has 19 heavy (non-hydrogen) atoms. The van der Waals surface area contributed by atoms with Crippen molar-refractivity contribution in [1.82, 2.24) is 0 Å². The van der Waals surface area contributed by atoms with E-state index in [4.69, 9.17) is 10.8 Å². The first-order chi connectivity index (χ1) is 9.08. The van der Waals surface area contributed by atoms with Gasteiger partial charge in [-0.15, -0.1) is 0 Å². The predicted octanol–water partition coefficient (Wildman–Crippen LogP) is 3.21. The van der Waals surface area contributed by atoms with Crippen LogP contribution in [0.25, 0.3) is 0 Å². The highest BCUT2D eigenvalue weighted by Gasteiger charge is 2.21. The zero-order valence-electron chi connectivity index (χ0n) is 11.4. The molecule has 1 saturated carbocycles. The van der Waals surface area contributed by atoms with Crippen molar-refractivity contribution in [2.45, 2.75) is 32.6 Å². The Bertz CT molecular complexity index is 459. The summed E-state index contributed by atoms with van der Waals surface area (Å²) in [5.74, 6) is 0.409. The summed E-state index contributed by atoms with van der Waals surface area (Å²) in [4.78, 5) is 11.2. The Hall–Kier alpha value is -1.71. The summed E-state index contributed by atoms with van der Waals surface area (Å²) in [5.41, 5.74) is 7.24. The van der Waals surface area contributed by atoms with Crippen molar-refractivity contribution in [3.63, 3.8) is 0 Å². The van der Waals surface area contributed by atoms with E-state index >= 15 is 0 Å². The van der Waals surface area contributed by atoms with Crippen LogP contribution in [-0.2, 0) is 0 Å². The number of anilines is 2. The molecule has 1 aromatic rings. The SMILES string of the molecule is CC1CCCCC1CNc1cc(N)ccc1C(=O)O. The fourth-order valence-electron chi connectivity index (χ4n) is 2.83. The number of benzene rings is 1. The number of nitrogens with one attached hydrogen (secondary N) is 1. The van der Waals surface area contributed by atoms with E-state index in [2.05, 4.69) is 12.2 Å². The minimum atomic E-state index is -0.917. The molecular weight excluding hydrogens is 240 g/mol. The number of rotatable bonds is 4. The van der Waals surface area contributed by atoms with Gasteiger partial charge in [0.15, 0.2) is 0 Å². The molecule has 1 aliphatic rings. The van der Waals surface area contributed by atoms with E-state index in [1.165, 1.54) is 25.7 Å². The Morgan fingerprint density at radius 2 is 2.16 bits per heavy atom. The lowest BCUT2D eigenvalue weighted by atomic mass is 9.80. The van der Waals surface area contributed by atoms with Crippen LogP contribution < -0.4 is 11.1 Å². The maximum atomic E-state index is 11.2. The van der Waals surface area contributed by atoms with Gasteiger partial charge in [0.2, 0.25) is 0 Å². The largest absolute Gasteiger partial charge is 0.478 e. The summed E-state index contributed by atoms with van der Waals surface area (Å²) in [6, 6.07) is 4.89. The molecule has 1 fully saturated rings. The second kappa shape index (κ2) is 5.95. The lowest BCUT2D eigenvalue weighted by Gasteiger charge is -2.29. The van der Waals surface area contributed by atoms with E-state index in [0.717, 1.165) is 6.54 Å². The number of carboxylic acid groups (broad SMARTS) is 1. The van der Waals surface area contributed by atoms with E-state index in [1.54, 1.807) is 18.2 Å². The molecule has 2 rings (SSSR count). The van der Waals surface area contributed by atoms with Crippen molar-refractivity contribution in [3.05, 3.63) is 23.8 Å². The Labute approximate surface area is 114 Å². The molecule has 1 aliphatic carbocycles. The molecule has 2 unspecified atom stereocenters. The quantitative estimate of drug-likeness (QED) is 0.728. The number of hydrogen-bond acceptors (Lipinski definition) is 3. The van der Waals surface area contributed by atoms with Crippen molar-refractivity contribution >= 4 is 17.3 Å². The van der Waals surface area contributed by atoms with Crippen molar-refractivity contribution in [1.29, 1.82) is 0 Å². The molecule has 0 saturated heterocycles. The van der Waals surface area contributed by atoms with Gasteiger partial charge in [0, 0.05) is 12.2 Å². The molecule has 0 spiro atoms. The summed E-state index contributed by atoms with van der Waals surface area (Å²) in [7, 11) is 0. The molecule has 0 heterocycles. The second-order valence-electron chi connectivity index (χ2n) is 5.51. The van der Waals surface area contributed by atoms with Gasteiger partial charge in [-0.05, 0) is 36.5 Å². The fourth-order valence-corrected chi connectivity index (χ4v) is 2.83. The monoisotopic (exact) mass is 262 g/mol. The van der Waals surface area contributed by atoms with E-state index in [1.807, 2.05) is 0 Å². The lowest BCUT2D eigenvalue weighted by Crippen LogP contribution is -2.25. The Balaban J connectivity index is 2.05. The van der Waals surface area contributed by atoms with E-state index in [0.29, 0.717) is 23.2 Å². The van der Waals surface area contributed by atoms with Gasteiger partial charge < -0.3 is 16.2 Å². The zero-order chi connectivity index (χ0) is 13.8. The third-order valence-electron chi connectivity index (χ3n) is 4.12. The smallest absolute Gasteiger partial charge is 0.337 e. The molecule has 104 valence electrons. The number of carboxylic acids is 1. The lowest BCUT2D eigenvalue weighted by molar-refractivity contribution is 0.0698. The first-order valence-electron chi connectivity index (χ1n) is 6.94. The molecular formula is C15H22N2O2. The van der Waals surface area contributed by atoms with Crippen LogP contribution in [0, 0.1) is 11.8 Å². The Kier molecular flexibility index (Phi) is 4.30. The zero-order valence-corrected chi connectivity index (χ0v) is 11.4. The van der Waals surface area contributed by atoms with Crippen LogP contribution in [0.3, 0.4) is 0 Å². The summed E-state index contributed by atoms with van der Waals surface area (Å²) >= 11 is 0. The first kappa shape index (κ1) is 13.7. The topological polar surface area (TPSA) is 75.3 Å². The van der Waals surface area contributed by atoms with Crippen LogP contribution in [0.1, 0.15) is 43.0 Å². The molecule has 0 bridgehead atoms. The van der Waals surface area contributed by atoms with Crippen molar-refractivity contribution in [3.8, 4) is 0 Å². The summed E-state index contributed by atoms with van der Waals surface area (Å²) in [6.45, 7) is 3.11. The highest BCUT2D eigenvalue weighted by atomic mass is 16.4. The van der Waals surface area contributed by atoms with Gasteiger partial charge in [-0.3, -0.25) is 0 Å². The van der Waals surface area contributed by atoms with Crippen LogP contribution in [0.4, 0.5) is 11.4 Å². The molecule has 0 aromatic heterocycles. The van der Waals surface area contributed by atoms with Crippen LogP contribution in [0.2, 0.25) is 0 Å². The molecule has 4 N–H and O–H groups in total. The number of nitrogens with two attached hydrogens (primary N) is 1. The van der Waals surface area contributed by atoms with Gasteiger partial charge in [-0.1, -0.05) is 26.2 Å². The van der Waals surface area contributed by atoms with Gasteiger partial charge in [-0.2, -0.15) is 0 Å². The minimum absolute atomic E-state index is 0.290. The van der Waals surface area contributed by atoms with Crippen molar-refractivity contribution in [2.75, 3.05) is 17.6 Å². The average molecular weight is 262 g/mol. The molecule has 0 aliphatic heterocycles. The molecule has 4 nitrogen and oxygen atoms in total. The van der Waals surface area contributed by atoms with E-state index < -0.39 is 5.97 Å². The number of aromatic carboxylic acids is 1. The van der Waals surface area contributed by atoms with E-state index in [-0.39, 0.29) is 5.56 Å². The Morgan fingerprint density at radius 3 is 2.84 bits per heavy atom. The van der Waals surface area contributed by atoms with Crippen molar-refractivity contribution in [2.24, 2.45) is 11.8 Å². The molecule has 1 aromatic carbocycles. The molecule has 2 atom stereocenters.